The molecule has 2 fully saturated rings. The van der Waals surface area contributed by atoms with Gasteiger partial charge in [-0.3, -0.25) is 9.11 Å². The lowest BCUT2D eigenvalue weighted by Gasteiger charge is -2.49. The summed E-state index contributed by atoms with van der Waals surface area (Å²) < 4.78 is 104. The van der Waals surface area contributed by atoms with Crippen LogP contribution >= 0.6 is 0 Å². The van der Waals surface area contributed by atoms with Gasteiger partial charge in [0.2, 0.25) is 0 Å². The summed E-state index contributed by atoms with van der Waals surface area (Å²) in [4.78, 5) is 0. The fourth-order valence-electron chi connectivity index (χ4n) is 6.43. The van der Waals surface area contributed by atoms with Crippen molar-refractivity contribution in [2.24, 2.45) is 0 Å². The number of benzene rings is 2. The van der Waals surface area contributed by atoms with Crippen LogP contribution in [0, 0.1) is 0 Å². The van der Waals surface area contributed by atoms with Crippen LogP contribution in [0.3, 0.4) is 0 Å². The maximum absolute atomic E-state index is 12.0. The summed E-state index contributed by atoms with van der Waals surface area (Å²) in [5, 5.41) is 44.0. The van der Waals surface area contributed by atoms with Crippen LogP contribution in [-0.4, -0.2) is 136 Å². The predicted octanol–water partition coefficient (Wildman–Crippen LogP) is -1.15. The van der Waals surface area contributed by atoms with Gasteiger partial charge in [0.05, 0.1) is 13.2 Å². The largest absolute Gasteiger partial charge is 0.405 e. The van der Waals surface area contributed by atoms with Crippen LogP contribution < -0.4 is 15.1 Å². The number of aliphatic hydroxyl groups is 4. The highest BCUT2D eigenvalue weighted by molar-refractivity contribution is 7.83. The molecule has 7 N–H and O–H groups in total. The Balaban J connectivity index is 1.82. The fourth-order valence-corrected chi connectivity index (χ4v) is 12.1. The number of hydrogen-bond donors (Lipinski definition) is 7. The minimum Gasteiger partial charge on any atom is -0.405 e. The van der Waals surface area contributed by atoms with Gasteiger partial charge in [-0.2, -0.15) is 21.6 Å². The van der Waals surface area contributed by atoms with Crippen LogP contribution in [-0.2, 0) is 48.3 Å². The Morgan fingerprint density at radius 3 is 1.82 bits per heavy atom. The lowest BCUT2D eigenvalue weighted by atomic mass is 9.96. The molecule has 288 valence electrons. The molecule has 2 aliphatic rings. The summed E-state index contributed by atoms with van der Waals surface area (Å²) >= 11 is 0. The maximum atomic E-state index is 12.0. The topological polar surface area (TPSA) is 257 Å². The van der Waals surface area contributed by atoms with Crippen molar-refractivity contribution >= 4 is 39.4 Å². The Morgan fingerprint density at radius 2 is 1.35 bits per heavy atom. The molecule has 0 aliphatic carbocycles. The summed E-state index contributed by atoms with van der Waals surface area (Å²) in [7, 11) is -13.6. The lowest BCUT2D eigenvalue weighted by molar-refractivity contribution is -0.344. The van der Waals surface area contributed by atoms with E-state index in [1.54, 1.807) is 6.92 Å². The van der Waals surface area contributed by atoms with E-state index in [0.717, 1.165) is 10.4 Å². The Bertz CT molecular complexity index is 1580. The smallest absolute Gasteiger partial charge is 0.397 e. The molecule has 0 saturated carbocycles. The third kappa shape index (κ3) is 9.97. The van der Waals surface area contributed by atoms with E-state index in [2.05, 4.69) is 4.18 Å². The molecule has 4 rings (SSSR count). The number of hydrogen-bond acceptors (Lipinski definition) is 14. The van der Waals surface area contributed by atoms with Crippen molar-refractivity contribution < 1.29 is 73.9 Å². The highest BCUT2D eigenvalue weighted by atomic mass is 32.3. The molecular weight excluding hydrogens is 735 g/mol. The zero-order valence-corrected chi connectivity index (χ0v) is 31.1. The molecule has 2 aliphatic heterocycles. The first-order valence-corrected chi connectivity index (χ1v) is 20.9. The third-order valence-corrected chi connectivity index (χ3v) is 14.7. The second-order valence-electron chi connectivity index (χ2n) is 13.3. The first kappa shape index (κ1) is 41.8. The van der Waals surface area contributed by atoms with Crippen LogP contribution in [0.1, 0.15) is 34.1 Å². The van der Waals surface area contributed by atoms with E-state index in [9.17, 15) is 46.4 Å². The highest BCUT2D eigenvalue weighted by Crippen LogP contribution is 2.38. The molecule has 2 aromatic rings. The van der Waals surface area contributed by atoms with Crippen molar-refractivity contribution in [3.8, 4) is 0 Å². The standard InChI is InChI=1S/C31H47NO16S2Si/c1-5-16-43-29-23(32-49(37,38)39)25(35)27(47-30-28(48-50(40,41)42)26(36)24(34)21(17-33)45-30)22(46-29)18-44-51(31(2,3)4,19-12-8-6-9-13-19)20-14-10-7-11-15-20/h6-15,21-30,32-36H,5,16-18H2,1-4H3,(H,37,38,39)(H,40,41,42)/t21-,22+,23+,24+,25+,26-,27+,28+,29+,30-/m0/s1. The molecule has 10 atom stereocenters. The lowest BCUT2D eigenvalue weighted by Crippen LogP contribution is -2.70. The van der Waals surface area contributed by atoms with E-state index in [1.165, 1.54) is 0 Å². The Kier molecular flexibility index (Phi) is 13.9. The van der Waals surface area contributed by atoms with Crippen LogP contribution in [0.15, 0.2) is 60.7 Å². The number of ether oxygens (including phenoxy) is 4. The SMILES string of the molecule is CCCO[C@@H]1O[C@H](CO[Si](c2ccccc2)(c2ccccc2)C(C)(C)C)[C@@H](O[C@@H]2O[C@@H](CO)[C@@H](O)[C@H](O)[C@H]2OS(=O)(=O)O)[C@H](O)[C@H]1NS(=O)(=O)O. The molecule has 51 heavy (non-hydrogen) atoms. The summed E-state index contributed by atoms with van der Waals surface area (Å²) in [6, 6.07) is 17.2. The Labute approximate surface area is 298 Å². The van der Waals surface area contributed by atoms with Crippen LogP contribution in [0.25, 0.3) is 0 Å². The summed E-state index contributed by atoms with van der Waals surface area (Å²) in [6.45, 7) is 6.60. The molecule has 0 radical (unpaired) electrons. The van der Waals surface area contributed by atoms with Gasteiger partial charge in [-0.05, 0) is 21.8 Å². The second kappa shape index (κ2) is 17.0. The van der Waals surface area contributed by atoms with Crippen molar-refractivity contribution in [3.63, 3.8) is 0 Å². The van der Waals surface area contributed by atoms with Crippen molar-refractivity contribution in [2.75, 3.05) is 19.8 Å². The van der Waals surface area contributed by atoms with Gasteiger partial charge in [0, 0.05) is 6.61 Å². The van der Waals surface area contributed by atoms with E-state index in [4.69, 9.17) is 23.4 Å². The first-order valence-electron chi connectivity index (χ1n) is 16.2. The monoisotopic (exact) mass is 781 g/mol. The van der Waals surface area contributed by atoms with Gasteiger partial charge in [0.1, 0.15) is 42.7 Å². The van der Waals surface area contributed by atoms with Crippen LogP contribution in [0.4, 0.5) is 0 Å². The molecule has 0 amide bonds. The van der Waals surface area contributed by atoms with Crippen LogP contribution in [0.2, 0.25) is 5.04 Å². The minimum absolute atomic E-state index is 0.0348. The van der Waals surface area contributed by atoms with Gasteiger partial charge in [0.25, 0.3) is 8.32 Å². The normalized spacial score (nSPS) is 31.0. The predicted molar refractivity (Wildman–Crippen MR) is 182 cm³/mol. The molecule has 0 bridgehead atoms. The molecular formula is C31H47NO16S2Si. The maximum Gasteiger partial charge on any atom is 0.397 e. The summed E-state index contributed by atoms with van der Waals surface area (Å²) in [6.07, 6.45) is -15.9. The average Bonchev–Trinajstić information content (AvgIpc) is 3.05. The van der Waals surface area contributed by atoms with E-state index >= 15 is 0 Å². The van der Waals surface area contributed by atoms with Crippen LogP contribution in [0.5, 0.6) is 0 Å². The van der Waals surface area contributed by atoms with Gasteiger partial charge in [-0.15, -0.1) is 0 Å². The van der Waals surface area contributed by atoms with E-state index < -0.39 is 102 Å². The van der Waals surface area contributed by atoms with E-state index in [1.807, 2.05) is 86.2 Å². The number of nitrogens with one attached hydrogen (secondary N) is 1. The Hall–Kier alpha value is -1.96. The molecule has 0 aromatic heterocycles. The third-order valence-electron chi connectivity index (χ3n) is 8.67. The quantitative estimate of drug-likeness (QED) is 0.0832. The van der Waals surface area contributed by atoms with Gasteiger partial charge in [0.15, 0.2) is 18.7 Å². The van der Waals surface area contributed by atoms with E-state index in [-0.39, 0.29) is 13.2 Å². The van der Waals surface area contributed by atoms with E-state index in [0.29, 0.717) is 6.42 Å². The molecule has 2 heterocycles. The van der Waals surface area contributed by atoms with Gasteiger partial charge in [-0.25, -0.2) is 4.18 Å². The number of rotatable bonds is 15. The van der Waals surface area contributed by atoms with Gasteiger partial charge in [-0.1, -0.05) is 88.4 Å². The zero-order chi connectivity index (χ0) is 37.8. The molecule has 17 nitrogen and oxygen atoms in total. The zero-order valence-electron chi connectivity index (χ0n) is 28.5. The molecule has 2 aromatic carbocycles. The van der Waals surface area contributed by atoms with Crippen molar-refractivity contribution in [2.45, 2.75) is 101 Å². The average molecular weight is 782 g/mol. The second-order valence-corrected chi connectivity index (χ2v) is 19.8. The van der Waals surface area contributed by atoms with Gasteiger partial charge >= 0.3 is 20.7 Å². The molecule has 0 spiro atoms. The van der Waals surface area contributed by atoms with Crippen molar-refractivity contribution in [1.29, 1.82) is 0 Å². The number of aliphatic hydroxyl groups excluding tert-OH is 4. The first-order chi connectivity index (χ1) is 23.8. The summed E-state index contributed by atoms with van der Waals surface area (Å²) in [5.74, 6) is 0. The fraction of sp³-hybridized carbons (Fsp3) is 0.613. The molecule has 20 heteroatoms. The molecule has 2 saturated heterocycles. The Morgan fingerprint density at radius 1 is 0.804 bits per heavy atom. The minimum atomic E-state index is -5.32. The molecule has 0 unspecified atom stereocenters. The highest BCUT2D eigenvalue weighted by Gasteiger charge is 2.55. The van der Waals surface area contributed by atoms with Crippen molar-refractivity contribution in [1.82, 2.24) is 4.72 Å². The van der Waals surface area contributed by atoms with Gasteiger partial charge < -0.3 is 43.8 Å². The summed E-state index contributed by atoms with van der Waals surface area (Å²) in [5.41, 5.74) is 0. The van der Waals surface area contributed by atoms with Crippen molar-refractivity contribution in [3.05, 3.63) is 60.7 Å².